The van der Waals surface area contributed by atoms with Gasteiger partial charge in [-0.15, -0.1) is 0 Å². The second-order valence-corrected chi connectivity index (χ2v) is 7.70. The molecule has 7 heteroatoms. The average molecular weight is 426 g/mol. The molecule has 0 spiro atoms. The highest BCUT2D eigenvalue weighted by atomic mass is 16.5. The second-order valence-electron chi connectivity index (χ2n) is 7.70. The van der Waals surface area contributed by atoms with E-state index in [2.05, 4.69) is 26.6 Å². The Kier molecular flexibility index (Phi) is 9.84. The Bertz CT molecular complexity index is 847. The number of guanidine groups is 1. The van der Waals surface area contributed by atoms with Gasteiger partial charge in [-0.05, 0) is 44.8 Å². The molecule has 1 amide bonds. The van der Waals surface area contributed by atoms with Gasteiger partial charge >= 0.3 is 0 Å². The molecule has 0 aliphatic carbocycles. The maximum atomic E-state index is 12.0. The van der Waals surface area contributed by atoms with Crippen LogP contribution in [0.25, 0.3) is 0 Å². The molecule has 0 heterocycles. The standard InChI is InChI=1S/C24H35N5O2/c1-6-25-24(26-17-19-11-13-20(14-12-19)23(30)29(4)5)27-18-21-9-7-8-10-22(21)31-16-15-28(2)3/h7-14H,6,15-18H2,1-5H3,(H2,25,26,27). The summed E-state index contributed by atoms with van der Waals surface area (Å²) in [6, 6.07) is 15.6. The lowest BCUT2D eigenvalue weighted by Crippen LogP contribution is -2.36. The third kappa shape index (κ3) is 8.30. The van der Waals surface area contributed by atoms with Crippen LogP contribution in [-0.4, -0.2) is 69.6 Å². The molecule has 2 aromatic rings. The van der Waals surface area contributed by atoms with Crippen molar-refractivity contribution < 1.29 is 9.53 Å². The minimum Gasteiger partial charge on any atom is -0.492 e. The van der Waals surface area contributed by atoms with Gasteiger partial charge < -0.3 is 25.2 Å². The van der Waals surface area contributed by atoms with Crippen molar-refractivity contribution >= 4 is 11.9 Å². The average Bonchev–Trinajstić information content (AvgIpc) is 2.76. The van der Waals surface area contributed by atoms with Crippen molar-refractivity contribution in [3.63, 3.8) is 0 Å². The maximum Gasteiger partial charge on any atom is 0.253 e. The van der Waals surface area contributed by atoms with Gasteiger partial charge in [-0.25, -0.2) is 4.99 Å². The van der Waals surface area contributed by atoms with Gasteiger partial charge in [0.15, 0.2) is 5.96 Å². The molecule has 2 N–H and O–H groups in total. The molecule has 0 aliphatic rings. The fraction of sp³-hybridized carbons (Fsp3) is 0.417. The molecule has 0 bridgehead atoms. The zero-order valence-corrected chi connectivity index (χ0v) is 19.3. The Balaban J connectivity index is 1.98. The fourth-order valence-corrected chi connectivity index (χ4v) is 2.83. The number of hydrogen-bond donors (Lipinski definition) is 2. The Morgan fingerprint density at radius 2 is 1.71 bits per heavy atom. The first kappa shape index (κ1) is 24.2. The van der Waals surface area contributed by atoms with Crippen molar-refractivity contribution in [3.05, 3.63) is 65.2 Å². The molecule has 0 saturated carbocycles. The minimum absolute atomic E-state index is 0.00322. The number of para-hydroxylation sites is 1. The summed E-state index contributed by atoms with van der Waals surface area (Å²) in [5.74, 6) is 1.62. The van der Waals surface area contributed by atoms with Gasteiger partial charge in [0.1, 0.15) is 12.4 Å². The Hall–Kier alpha value is -3.06. The number of nitrogens with one attached hydrogen (secondary N) is 2. The summed E-state index contributed by atoms with van der Waals surface area (Å²) < 4.78 is 5.94. The van der Waals surface area contributed by atoms with E-state index in [0.29, 0.717) is 25.3 Å². The monoisotopic (exact) mass is 425 g/mol. The number of benzene rings is 2. The van der Waals surface area contributed by atoms with Crippen molar-refractivity contribution in [1.29, 1.82) is 0 Å². The van der Waals surface area contributed by atoms with Gasteiger partial charge in [0, 0.05) is 44.9 Å². The van der Waals surface area contributed by atoms with Crippen molar-refractivity contribution in [2.45, 2.75) is 20.0 Å². The first-order valence-electron chi connectivity index (χ1n) is 10.6. The van der Waals surface area contributed by atoms with Crippen LogP contribution in [-0.2, 0) is 13.1 Å². The Labute approximate surface area is 186 Å². The molecule has 0 aromatic heterocycles. The molecule has 7 nitrogen and oxygen atoms in total. The lowest BCUT2D eigenvalue weighted by atomic mass is 10.1. The van der Waals surface area contributed by atoms with E-state index < -0.39 is 0 Å². The number of likely N-dealkylation sites (N-methyl/N-ethyl adjacent to an activating group) is 1. The third-order valence-corrected chi connectivity index (χ3v) is 4.59. The van der Waals surface area contributed by atoms with E-state index >= 15 is 0 Å². The van der Waals surface area contributed by atoms with Crippen molar-refractivity contribution in [2.75, 3.05) is 47.9 Å². The second kappa shape index (κ2) is 12.6. The number of nitrogens with zero attached hydrogens (tertiary/aromatic N) is 3. The maximum absolute atomic E-state index is 12.0. The number of carbonyl (C=O) groups is 1. The fourth-order valence-electron chi connectivity index (χ4n) is 2.83. The van der Waals surface area contributed by atoms with Crippen LogP contribution >= 0.6 is 0 Å². The van der Waals surface area contributed by atoms with Crippen LogP contribution in [0, 0.1) is 0 Å². The normalized spacial score (nSPS) is 11.4. The molecule has 2 rings (SSSR count). The van der Waals surface area contributed by atoms with Gasteiger partial charge in [0.25, 0.3) is 5.91 Å². The molecule has 0 aliphatic heterocycles. The number of amides is 1. The quantitative estimate of drug-likeness (QED) is 0.452. The molecule has 168 valence electrons. The van der Waals surface area contributed by atoms with Gasteiger partial charge in [0.2, 0.25) is 0 Å². The smallest absolute Gasteiger partial charge is 0.253 e. The molecule has 2 aromatic carbocycles. The number of rotatable bonds is 10. The third-order valence-electron chi connectivity index (χ3n) is 4.59. The van der Waals surface area contributed by atoms with Gasteiger partial charge in [-0.3, -0.25) is 4.79 Å². The lowest BCUT2D eigenvalue weighted by Gasteiger charge is -2.16. The number of hydrogen-bond acceptors (Lipinski definition) is 4. The van der Waals surface area contributed by atoms with Gasteiger partial charge in [0.05, 0.1) is 6.54 Å². The summed E-state index contributed by atoms with van der Waals surface area (Å²) in [6.07, 6.45) is 0. The molecule has 0 radical (unpaired) electrons. The zero-order valence-electron chi connectivity index (χ0n) is 19.3. The van der Waals surface area contributed by atoms with E-state index in [-0.39, 0.29) is 5.91 Å². The molecule has 0 atom stereocenters. The molecule has 0 fully saturated rings. The van der Waals surface area contributed by atoms with Crippen LogP contribution in [0.1, 0.15) is 28.4 Å². The summed E-state index contributed by atoms with van der Waals surface area (Å²) in [4.78, 5) is 20.4. The highest BCUT2D eigenvalue weighted by Crippen LogP contribution is 2.17. The van der Waals surface area contributed by atoms with E-state index in [1.165, 1.54) is 0 Å². The molecule has 0 saturated heterocycles. The van der Waals surface area contributed by atoms with Crippen LogP contribution in [0.5, 0.6) is 5.75 Å². The van der Waals surface area contributed by atoms with E-state index in [1.807, 2.05) is 63.5 Å². The van der Waals surface area contributed by atoms with Crippen LogP contribution in [0.3, 0.4) is 0 Å². The number of aliphatic imine (C=N–C) groups is 1. The predicted octanol–water partition coefficient (Wildman–Crippen LogP) is 2.58. The lowest BCUT2D eigenvalue weighted by molar-refractivity contribution is 0.0827. The first-order chi connectivity index (χ1) is 14.9. The summed E-state index contributed by atoms with van der Waals surface area (Å²) >= 11 is 0. The van der Waals surface area contributed by atoms with E-state index in [9.17, 15) is 4.79 Å². The highest BCUT2D eigenvalue weighted by Gasteiger charge is 2.08. The van der Waals surface area contributed by atoms with Gasteiger partial charge in [-0.2, -0.15) is 0 Å². The highest BCUT2D eigenvalue weighted by molar-refractivity contribution is 5.93. The van der Waals surface area contributed by atoms with Crippen LogP contribution in [0.2, 0.25) is 0 Å². The van der Waals surface area contributed by atoms with Crippen LogP contribution in [0.4, 0.5) is 0 Å². The molecular formula is C24H35N5O2. The summed E-state index contributed by atoms with van der Waals surface area (Å²) in [7, 11) is 7.56. The van der Waals surface area contributed by atoms with E-state index in [0.717, 1.165) is 35.9 Å². The van der Waals surface area contributed by atoms with E-state index in [1.54, 1.807) is 19.0 Å². The zero-order chi connectivity index (χ0) is 22.6. The van der Waals surface area contributed by atoms with Crippen molar-refractivity contribution in [3.8, 4) is 5.75 Å². The molecular weight excluding hydrogens is 390 g/mol. The van der Waals surface area contributed by atoms with E-state index in [4.69, 9.17) is 4.74 Å². The minimum atomic E-state index is -0.00322. The molecule has 0 unspecified atom stereocenters. The number of ether oxygens (including phenoxy) is 1. The summed E-state index contributed by atoms with van der Waals surface area (Å²) in [5, 5.41) is 6.65. The Morgan fingerprint density at radius 3 is 2.35 bits per heavy atom. The Morgan fingerprint density at radius 1 is 1.00 bits per heavy atom. The van der Waals surface area contributed by atoms with Crippen LogP contribution in [0.15, 0.2) is 53.5 Å². The van der Waals surface area contributed by atoms with Crippen molar-refractivity contribution in [2.24, 2.45) is 4.99 Å². The first-order valence-corrected chi connectivity index (χ1v) is 10.6. The summed E-state index contributed by atoms with van der Waals surface area (Å²) in [5.41, 5.74) is 2.80. The van der Waals surface area contributed by atoms with Crippen molar-refractivity contribution in [1.82, 2.24) is 20.4 Å². The molecule has 31 heavy (non-hydrogen) atoms. The number of carbonyl (C=O) groups excluding carboxylic acids is 1. The SMILES string of the molecule is CCNC(=NCc1ccc(C(=O)N(C)C)cc1)NCc1ccccc1OCCN(C)C. The van der Waals surface area contributed by atoms with Crippen LogP contribution < -0.4 is 15.4 Å². The largest absolute Gasteiger partial charge is 0.492 e. The summed E-state index contributed by atoms with van der Waals surface area (Å²) in [6.45, 7) is 5.45. The topological polar surface area (TPSA) is 69.2 Å². The predicted molar refractivity (Wildman–Crippen MR) is 127 cm³/mol. The van der Waals surface area contributed by atoms with Gasteiger partial charge in [-0.1, -0.05) is 30.3 Å².